The monoisotopic (exact) mass is 475 g/mol. The van der Waals surface area contributed by atoms with Crippen molar-refractivity contribution >= 4 is 28.2 Å². The minimum atomic E-state index is -0.495. The fraction of sp³-hybridized carbons (Fsp3) is 0.280. The van der Waals surface area contributed by atoms with Gasteiger partial charge in [0.25, 0.3) is 5.56 Å². The van der Waals surface area contributed by atoms with Crippen LogP contribution in [0.2, 0.25) is 0 Å². The van der Waals surface area contributed by atoms with Crippen LogP contribution in [-0.4, -0.2) is 32.4 Å². The molecule has 4 N–H and O–H groups in total. The van der Waals surface area contributed by atoms with E-state index in [-0.39, 0.29) is 17.2 Å². The van der Waals surface area contributed by atoms with Crippen LogP contribution in [0.25, 0.3) is 16.6 Å². The molecule has 9 nitrogen and oxygen atoms in total. The quantitative estimate of drug-likeness (QED) is 0.383. The number of ether oxygens (including phenoxy) is 1. The molecule has 2 atom stereocenters. The Labute approximate surface area is 201 Å². The standard InChI is InChI=1S/C25H26FN7O2/c1-15(30-22-21(27)23(29-14-28-22)32-20-9-5-6-12-35-20)24-31-19-11-10-16(26)13-18(19)25(34)33(24)17-7-3-2-4-8-17/h2-4,7-8,10-11,13-15,20H,5-6,9,12,27H2,1H3,(H2,28,29,30,32)/t15-,20?/m0/s1. The van der Waals surface area contributed by atoms with Crippen LogP contribution in [-0.2, 0) is 4.74 Å². The number of halogens is 1. The van der Waals surface area contributed by atoms with Crippen LogP contribution in [0.3, 0.4) is 0 Å². The van der Waals surface area contributed by atoms with E-state index < -0.39 is 11.9 Å². The first kappa shape index (κ1) is 22.7. The summed E-state index contributed by atoms with van der Waals surface area (Å²) in [6, 6.07) is 12.6. The van der Waals surface area contributed by atoms with E-state index in [1.54, 1.807) is 12.1 Å². The lowest BCUT2D eigenvalue weighted by molar-refractivity contribution is 0.0341. The predicted molar refractivity (Wildman–Crippen MR) is 133 cm³/mol. The molecule has 4 aromatic rings. The molecular formula is C25H26FN7O2. The minimum absolute atomic E-state index is 0.156. The molecule has 5 rings (SSSR count). The Bertz CT molecular complexity index is 1400. The average molecular weight is 476 g/mol. The van der Waals surface area contributed by atoms with Gasteiger partial charge < -0.3 is 21.1 Å². The molecule has 180 valence electrons. The third-order valence-corrected chi connectivity index (χ3v) is 5.97. The molecule has 10 heteroatoms. The van der Waals surface area contributed by atoms with Crippen molar-refractivity contribution in [2.24, 2.45) is 0 Å². The van der Waals surface area contributed by atoms with Gasteiger partial charge in [0.15, 0.2) is 11.6 Å². The molecular weight excluding hydrogens is 449 g/mol. The number of nitrogens with one attached hydrogen (secondary N) is 2. The van der Waals surface area contributed by atoms with Crippen LogP contribution >= 0.6 is 0 Å². The maximum Gasteiger partial charge on any atom is 0.266 e. The van der Waals surface area contributed by atoms with Crippen LogP contribution in [0.15, 0.2) is 59.7 Å². The van der Waals surface area contributed by atoms with E-state index in [2.05, 4.69) is 20.6 Å². The Kier molecular flexibility index (Phi) is 6.28. The SMILES string of the molecule is C[C@H](Nc1ncnc(NC2CCCCO2)c1N)c1nc2ccc(F)cc2c(=O)n1-c1ccccc1. The highest BCUT2D eigenvalue weighted by Crippen LogP contribution is 2.28. The first-order valence-corrected chi connectivity index (χ1v) is 11.5. The molecule has 35 heavy (non-hydrogen) atoms. The van der Waals surface area contributed by atoms with Crippen molar-refractivity contribution in [1.29, 1.82) is 0 Å². The van der Waals surface area contributed by atoms with Gasteiger partial charge in [-0.05, 0) is 56.5 Å². The number of aromatic nitrogens is 4. The fourth-order valence-electron chi connectivity index (χ4n) is 4.19. The molecule has 0 spiro atoms. The summed E-state index contributed by atoms with van der Waals surface area (Å²) in [5.41, 5.74) is 7.37. The Balaban J connectivity index is 1.53. The van der Waals surface area contributed by atoms with Crippen molar-refractivity contribution in [3.05, 3.63) is 76.9 Å². The highest BCUT2D eigenvalue weighted by molar-refractivity contribution is 5.78. The summed E-state index contributed by atoms with van der Waals surface area (Å²) >= 11 is 0. The second-order valence-electron chi connectivity index (χ2n) is 8.46. The molecule has 0 amide bonds. The number of benzene rings is 2. The van der Waals surface area contributed by atoms with Crippen molar-refractivity contribution in [2.45, 2.75) is 38.5 Å². The summed E-state index contributed by atoms with van der Waals surface area (Å²) in [4.78, 5) is 26.7. The first-order chi connectivity index (χ1) is 17.0. The van der Waals surface area contributed by atoms with Gasteiger partial charge in [0.2, 0.25) is 0 Å². The van der Waals surface area contributed by atoms with E-state index in [0.717, 1.165) is 19.3 Å². The lowest BCUT2D eigenvalue weighted by Gasteiger charge is -2.25. The van der Waals surface area contributed by atoms with Crippen molar-refractivity contribution < 1.29 is 9.13 Å². The maximum absolute atomic E-state index is 13.9. The van der Waals surface area contributed by atoms with Gasteiger partial charge in [0.1, 0.15) is 29.9 Å². The number of para-hydroxylation sites is 1. The molecule has 1 unspecified atom stereocenters. The lowest BCUT2D eigenvalue weighted by Crippen LogP contribution is -2.29. The molecule has 1 aliphatic heterocycles. The minimum Gasteiger partial charge on any atom is -0.393 e. The second-order valence-corrected chi connectivity index (χ2v) is 8.46. The molecule has 2 aromatic carbocycles. The van der Waals surface area contributed by atoms with Gasteiger partial charge >= 0.3 is 0 Å². The van der Waals surface area contributed by atoms with Gasteiger partial charge in [-0.2, -0.15) is 0 Å². The summed E-state index contributed by atoms with van der Waals surface area (Å²) < 4.78 is 21.1. The highest BCUT2D eigenvalue weighted by Gasteiger charge is 2.21. The van der Waals surface area contributed by atoms with E-state index in [4.69, 9.17) is 15.5 Å². The van der Waals surface area contributed by atoms with Crippen LogP contribution in [0.1, 0.15) is 38.1 Å². The van der Waals surface area contributed by atoms with E-state index in [0.29, 0.717) is 41.0 Å². The van der Waals surface area contributed by atoms with E-state index in [1.165, 1.54) is 29.1 Å². The van der Waals surface area contributed by atoms with E-state index in [9.17, 15) is 9.18 Å². The topological polar surface area (TPSA) is 120 Å². The first-order valence-electron chi connectivity index (χ1n) is 11.5. The van der Waals surface area contributed by atoms with Crippen LogP contribution in [0.4, 0.5) is 21.7 Å². The number of nitrogens with two attached hydrogens (primary N) is 1. The Morgan fingerprint density at radius 3 is 2.71 bits per heavy atom. The van der Waals surface area contributed by atoms with Crippen LogP contribution in [0.5, 0.6) is 0 Å². The van der Waals surface area contributed by atoms with Crippen molar-refractivity contribution in [2.75, 3.05) is 23.0 Å². The van der Waals surface area contributed by atoms with Gasteiger partial charge in [-0.1, -0.05) is 18.2 Å². The summed E-state index contributed by atoms with van der Waals surface area (Å²) in [5, 5.41) is 6.70. The Morgan fingerprint density at radius 1 is 1.14 bits per heavy atom. The predicted octanol–water partition coefficient (Wildman–Crippen LogP) is 4.01. The zero-order chi connectivity index (χ0) is 24.4. The normalized spacial score (nSPS) is 16.7. The van der Waals surface area contributed by atoms with E-state index >= 15 is 0 Å². The largest absolute Gasteiger partial charge is 0.393 e. The van der Waals surface area contributed by atoms with Crippen LogP contribution in [0, 0.1) is 5.82 Å². The number of hydrogen-bond donors (Lipinski definition) is 3. The number of anilines is 3. The Morgan fingerprint density at radius 2 is 1.94 bits per heavy atom. The molecule has 3 heterocycles. The third-order valence-electron chi connectivity index (χ3n) is 5.97. The lowest BCUT2D eigenvalue weighted by atomic mass is 10.2. The number of rotatable bonds is 6. The number of nitrogen functional groups attached to an aromatic ring is 1. The summed E-state index contributed by atoms with van der Waals surface area (Å²) in [6.07, 6.45) is 4.23. The molecule has 1 fully saturated rings. The smallest absolute Gasteiger partial charge is 0.266 e. The zero-order valence-corrected chi connectivity index (χ0v) is 19.2. The summed E-state index contributed by atoms with van der Waals surface area (Å²) in [5.74, 6) is 0.817. The summed E-state index contributed by atoms with van der Waals surface area (Å²) in [7, 11) is 0. The van der Waals surface area contributed by atoms with Crippen LogP contribution < -0.4 is 21.9 Å². The summed E-state index contributed by atoms with van der Waals surface area (Å²) in [6.45, 7) is 2.55. The van der Waals surface area contributed by atoms with Gasteiger partial charge in [-0.3, -0.25) is 9.36 Å². The number of fused-ring (bicyclic) bond motifs is 1. The fourth-order valence-corrected chi connectivity index (χ4v) is 4.19. The average Bonchev–Trinajstić information content (AvgIpc) is 2.88. The zero-order valence-electron chi connectivity index (χ0n) is 19.2. The third kappa shape index (κ3) is 4.65. The Hall–Kier alpha value is -4.05. The highest BCUT2D eigenvalue weighted by atomic mass is 19.1. The molecule has 0 bridgehead atoms. The van der Waals surface area contributed by atoms with Crippen molar-refractivity contribution in [1.82, 2.24) is 19.5 Å². The second kappa shape index (κ2) is 9.67. The number of nitrogens with zero attached hydrogens (tertiary/aromatic N) is 4. The van der Waals surface area contributed by atoms with Gasteiger partial charge in [-0.25, -0.2) is 19.3 Å². The van der Waals surface area contributed by atoms with Gasteiger partial charge in [-0.15, -0.1) is 0 Å². The van der Waals surface area contributed by atoms with Gasteiger partial charge in [0.05, 0.1) is 22.6 Å². The molecule has 0 radical (unpaired) electrons. The molecule has 0 aliphatic carbocycles. The van der Waals surface area contributed by atoms with Gasteiger partial charge in [0, 0.05) is 6.61 Å². The molecule has 2 aromatic heterocycles. The van der Waals surface area contributed by atoms with E-state index in [1.807, 2.05) is 25.1 Å². The van der Waals surface area contributed by atoms with Crippen molar-refractivity contribution in [3.63, 3.8) is 0 Å². The molecule has 0 saturated carbocycles. The number of hydrogen-bond acceptors (Lipinski definition) is 8. The van der Waals surface area contributed by atoms with Crippen molar-refractivity contribution in [3.8, 4) is 5.69 Å². The molecule has 1 saturated heterocycles. The maximum atomic E-state index is 13.9. The molecule has 1 aliphatic rings.